The molecule has 152 valence electrons. The van der Waals surface area contributed by atoms with Crippen molar-refractivity contribution in [2.24, 2.45) is 5.92 Å². The molecule has 4 fully saturated rings. The molecule has 4 heterocycles. The van der Waals surface area contributed by atoms with Gasteiger partial charge in [0.1, 0.15) is 0 Å². The summed E-state index contributed by atoms with van der Waals surface area (Å²) in [5.41, 5.74) is 3.06. The molecule has 1 amide bonds. The third kappa shape index (κ3) is 3.85. The molecule has 1 aromatic rings. The van der Waals surface area contributed by atoms with Crippen LogP contribution in [0, 0.1) is 5.92 Å². The number of rotatable bonds is 4. The first kappa shape index (κ1) is 18.6. The fourth-order valence-corrected chi connectivity index (χ4v) is 5.74. The lowest BCUT2D eigenvalue weighted by molar-refractivity contribution is -0.135. The van der Waals surface area contributed by atoms with E-state index in [0.717, 1.165) is 45.9 Å². The van der Waals surface area contributed by atoms with Crippen molar-refractivity contribution in [1.82, 2.24) is 14.7 Å². The molecule has 0 saturated carbocycles. The Morgan fingerprint density at radius 3 is 2.46 bits per heavy atom. The molecule has 0 radical (unpaired) electrons. The molecular formula is C23H33N3O2. The highest BCUT2D eigenvalue weighted by Crippen LogP contribution is 2.33. The maximum absolute atomic E-state index is 13.0. The third-order valence-electron chi connectivity index (χ3n) is 7.35. The van der Waals surface area contributed by atoms with Crippen molar-refractivity contribution in [3.63, 3.8) is 0 Å². The van der Waals surface area contributed by atoms with E-state index in [1.165, 1.54) is 43.4 Å². The van der Waals surface area contributed by atoms with E-state index < -0.39 is 0 Å². The van der Waals surface area contributed by atoms with E-state index in [-0.39, 0.29) is 0 Å². The van der Waals surface area contributed by atoms with Gasteiger partial charge in [-0.05, 0) is 42.7 Å². The topological polar surface area (TPSA) is 36.0 Å². The zero-order valence-electron chi connectivity index (χ0n) is 16.9. The summed E-state index contributed by atoms with van der Waals surface area (Å²) in [6.45, 7) is 7.65. The normalized spacial score (nSPS) is 29.1. The first-order chi connectivity index (χ1) is 13.8. The van der Waals surface area contributed by atoms with Gasteiger partial charge in [0, 0.05) is 57.8 Å². The van der Waals surface area contributed by atoms with Gasteiger partial charge in [-0.3, -0.25) is 14.6 Å². The lowest BCUT2D eigenvalue weighted by Crippen LogP contribution is -2.49. The van der Waals surface area contributed by atoms with Crippen LogP contribution in [0.4, 0.5) is 0 Å². The highest BCUT2D eigenvalue weighted by atomic mass is 16.5. The standard InChI is InChI=1S/C23H33N3O2/c27-23(7-8-24-9-11-28-12-10-24)26-16-18-5-6-21(26)17-25(15-18)22-13-19-3-1-2-4-20(19)14-22/h1-4,18,21-22H,5-17H2/t18-,21+/m0/s1. The molecule has 1 aromatic carbocycles. The molecule has 0 N–H and O–H groups in total. The lowest BCUT2D eigenvalue weighted by Gasteiger charge is -2.37. The molecule has 2 atom stereocenters. The van der Waals surface area contributed by atoms with E-state index in [1.807, 2.05) is 0 Å². The molecule has 5 nitrogen and oxygen atoms in total. The minimum Gasteiger partial charge on any atom is -0.379 e. The number of ether oxygens (including phenoxy) is 1. The highest BCUT2D eigenvalue weighted by Gasteiger charge is 2.40. The Morgan fingerprint density at radius 2 is 1.71 bits per heavy atom. The van der Waals surface area contributed by atoms with Crippen LogP contribution in [0.3, 0.4) is 0 Å². The van der Waals surface area contributed by atoms with Crippen molar-refractivity contribution in [2.45, 2.75) is 44.2 Å². The minimum absolute atomic E-state index is 0.373. The van der Waals surface area contributed by atoms with E-state index in [2.05, 4.69) is 39.0 Å². The van der Waals surface area contributed by atoms with Crippen LogP contribution < -0.4 is 0 Å². The van der Waals surface area contributed by atoms with Crippen molar-refractivity contribution >= 4 is 5.91 Å². The second kappa shape index (κ2) is 8.13. The molecule has 5 aliphatic rings. The smallest absolute Gasteiger partial charge is 0.224 e. The number of piperidine rings is 1. The number of fused-ring (bicyclic) bond motifs is 5. The van der Waals surface area contributed by atoms with E-state index in [1.54, 1.807) is 0 Å². The summed E-state index contributed by atoms with van der Waals surface area (Å²) in [6.07, 6.45) is 5.50. The summed E-state index contributed by atoms with van der Waals surface area (Å²) in [5.74, 6) is 1.02. The van der Waals surface area contributed by atoms with E-state index >= 15 is 0 Å². The number of hydrogen-bond acceptors (Lipinski definition) is 4. The maximum atomic E-state index is 13.0. The van der Waals surface area contributed by atoms with Crippen LogP contribution in [0.25, 0.3) is 0 Å². The Morgan fingerprint density at radius 1 is 0.964 bits per heavy atom. The first-order valence-corrected chi connectivity index (χ1v) is 11.2. The Hall–Kier alpha value is -1.43. The molecule has 0 spiro atoms. The monoisotopic (exact) mass is 383 g/mol. The van der Waals surface area contributed by atoms with Gasteiger partial charge in [0.2, 0.25) is 5.91 Å². The Labute approximate surface area is 168 Å². The average Bonchev–Trinajstić information content (AvgIpc) is 2.95. The van der Waals surface area contributed by atoms with Gasteiger partial charge in [-0.2, -0.15) is 0 Å². The Bertz CT molecular complexity index is 678. The molecule has 0 aromatic heterocycles. The molecule has 0 unspecified atom stereocenters. The molecule has 4 aliphatic heterocycles. The number of carbonyl (C=O) groups is 1. The summed E-state index contributed by atoms with van der Waals surface area (Å²) < 4.78 is 5.42. The van der Waals surface area contributed by atoms with Crippen LogP contribution in [0.15, 0.2) is 24.3 Å². The largest absolute Gasteiger partial charge is 0.379 e. The molecule has 1 aliphatic carbocycles. The van der Waals surface area contributed by atoms with Gasteiger partial charge in [-0.15, -0.1) is 0 Å². The number of nitrogens with zero attached hydrogens (tertiary/aromatic N) is 3. The first-order valence-electron chi connectivity index (χ1n) is 11.2. The van der Waals surface area contributed by atoms with Crippen LogP contribution in [-0.2, 0) is 22.4 Å². The molecule has 5 heteroatoms. The highest BCUT2D eigenvalue weighted by molar-refractivity contribution is 5.77. The SMILES string of the molecule is O=C(CCN1CCOCC1)N1C[C@H]2CC[C@@H]1CN(C1Cc3ccccc3C1)C2. The van der Waals surface area contributed by atoms with E-state index in [0.29, 0.717) is 30.3 Å². The van der Waals surface area contributed by atoms with E-state index in [9.17, 15) is 4.79 Å². The fraction of sp³-hybridized carbons (Fsp3) is 0.696. The van der Waals surface area contributed by atoms with Gasteiger partial charge in [-0.1, -0.05) is 24.3 Å². The fourth-order valence-electron chi connectivity index (χ4n) is 5.74. The van der Waals surface area contributed by atoms with Crippen LogP contribution >= 0.6 is 0 Å². The van der Waals surface area contributed by atoms with Gasteiger partial charge in [-0.25, -0.2) is 0 Å². The van der Waals surface area contributed by atoms with Crippen molar-refractivity contribution in [3.05, 3.63) is 35.4 Å². The van der Waals surface area contributed by atoms with Crippen LogP contribution in [0.1, 0.15) is 30.4 Å². The van der Waals surface area contributed by atoms with Gasteiger partial charge < -0.3 is 9.64 Å². The van der Waals surface area contributed by atoms with Gasteiger partial charge in [0.05, 0.1) is 13.2 Å². The van der Waals surface area contributed by atoms with Gasteiger partial charge >= 0.3 is 0 Å². The molecule has 4 saturated heterocycles. The summed E-state index contributed by atoms with van der Waals surface area (Å²) in [4.78, 5) is 20.4. The lowest BCUT2D eigenvalue weighted by atomic mass is 9.94. The average molecular weight is 384 g/mol. The molecular weight excluding hydrogens is 350 g/mol. The van der Waals surface area contributed by atoms with Crippen LogP contribution in [-0.4, -0.2) is 85.2 Å². The predicted molar refractivity (Wildman–Crippen MR) is 109 cm³/mol. The molecule has 2 bridgehead atoms. The van der Waals surface area contributed by atoms with Gasteiger partial charge in [0.15, 0.2) is 0 Å². The number of carbonyl (C=O) groups excluding carboxylic acids is 1. The zero-order valence-corrected chi connectivity index (χ0v) is 16.9. The van der Waals surface area contributed by atoms with E-state index in [4.69, 9.17) is 4.74 Å². The van der Waals surface area contributed by atoms with Gasteiger partial charge in [0.25, 0.3) is 0 Å². The van der Waals surface area contributed by atoms with Crippen LogP contribution in [0.2, 0.25) is 0 Å². The number of morpholine rings is 1. The Balaban J connectivity index is 1.20. The third-order valence-corrected chi connectivity index (χ3v) is 7.35. The summed E-state index contributed by atoms with van der Waals surface area (Å²) >= 11 is 0. The van der Waals surface area contributed by atoms with Crippen molar-refractivity contribution in [1.29, 1.82) is 0 Å². The van der Waals surface area contributed by atoms with Crippen molar-refractivity contribution in [2.75, 3.05) is 52.5 Å². The maximum Gasteiger partial charge on any atom is 0.224 e. The molecule has 6 rings (SSSR count). The Kier molecular flexibility index (Phi) is 5.40. The summed E-state index contributed by atoms with van der Waals surface area (Å²) in [6, 6.07) is 9.97. The number of amides is 1. The molecule has 28 heavy (non-hydrogen) atoms. The number of hydrogen-bond donors (Lipinski definition) is 0. The second-order valence-corrected chi connectivity index (χ2v) is 9.13. The predicted octanol–water partition coefficient (Wildman–Crippen LogP) is 1.80. The van der Waals surface area contributed by atoms with Crippen molar-refractivity contribution < 1.29 is 9.53 Å². The van der Waals surface area contributed by atoms with Crippen LogP contribution in [0.5, 0.6) is 0 Å². The van der Waals surface area contributed by atoms with Crippen molar-refractivity contribution in [3.8, 4) is 0 Å². The zero-order chi connectivity index (χ0) is 18.9. The quantitative estimate of drug-likeness (QED) is 0.794. The minimum atomic E-state index is 0.373. The summed E-state index contributed by atoms with van der Waals surface area (Å²) in [5, 5.41) is 0. The summed E-state index contributed by atoms with van der Waals surface area (Å²) in [7, 11) is 0. The second-order valence-electron chi connectivity index (χ2n) is 9.13. The number of benzene rings is 1.